The molecule has 0 aliphatic heterocycles. The summed E-state index contributed by atoms with van der Waals surface area (Å²) in [6, 6.07) is 8.37. The highest BCUT2D eigenvalue weighted by molar-refractivity contribution is 9.10. The molecule has 0 N–H and O–H groups in total. The smallest absolute Gasteiger partial charge is 0.102 e. The Morgan fingerprint density at radius 2 is 1.94 bits per heavy atom. The molecule has 0 radical (unpaired) electrons. The van der Waals surface area contributed by atoms with E-state index in [0.29, 0.717) is 0 Å². The fraction of sp³-hybridized carbons (Fsp3) is 0.214. The van der Waals surface area contributed by atoms with Gasteiger partial charge in [-0.3, -0.25) is 4.98 Å². The van der Waals surface area contributed by atoms with Gasteiger partial charge in [-0.05, 0) is 57.6 Å². The second-order valence-electron chi connectivity index (χ2n) is 4.37. The second-order valence-corrected chi connectivity index (χ2v) is 6.58. The van der Waals surface area contributed by atoms with Crippen LogP contribution in [0.15, 0.2) is 39.4 Å². The van der Waals surface area contributed by atoms with Crippen LogP contribution in [0.3, 0.4) is 0 Å². The zero-order valence-electron chi connectivity index (χ0n) is 9.46. The molecule has 0 saturated carbocycles. The summed E-state index contributed by atoms with van der Waals surface area (Å²) in [5.41, 5.74) is 4.67. The molecule has 4 heteroatoms. The first-order valence-electron chi connectivity index (χ1n) is 5.72. The summed E-state index contributed by atoms with van der Waals surface area (Å²) >= 11 is 13.7. The first-order chi connectivity index (χ1) is 8.66. The normalized spacial score (nSPS) is 17.8. The van der Waals surface area contributed by atoms with E-state index in [1.54, 1.807) is 0 Å². The highest BCUT2D eigenvalue weighted by Crippen LogP contribution is 2.40. The van der Waals surface area contributed by atoms with Crippen molar-refractivity contribution in [1.82, 2.24) is 4.98 Å². The fourth-order valence-corrected chi connectivity index (χ4v) is 4.01. The number of alkyl halides is 1. The number of hydrogen-bond acceptors (Lipinski definition) is 1. The molecule has 0 amide bonds. The maximum absolute atomic E-state index is 6.63. The van der Waals surface area contributed by atoms with Gasteiger partial charge < -0.3 is 0 Å². The lowest BCUT2D eigenvalue weighted by atomic mass is 10.0. The second kappa shape index (κ2) is 4.95. The monoisotopic (exact) mass is 385 g/mol. The van der Waals surface area contributed by atoms with Gasteiger partial charge in [0.25, 0.3) is 0 Å². The third kappa shape index (κ3) is 2.13. The lowest BCUT2D eigenvalue weighted by molar-refractivity contribution is 0.947. The minimum atomic E-state index is -0.179. The molecule has 1 nitrogen and oxygen atoms in total. The Morgan fingerprint density at radius 3 is 2.78 bits per heavy atom. The molecule has 0 bridgehead atoms. The van der Waals surface area contributed by atoms with E-state index in [1.165, 1.54) is 11.1 Å². The van der Waals surface area contributed by atoms with Gasteiger partial charge in [0.2, 0.25) is 0 Å². The number of nitrogens with zero attached hydrogens (tertiary/aromatic N) is 1. The van der Waals surface area contributed by atoms with Crippen LogP contribution in [0.4, 0.5) is 0 Å². The Balaban J connectivity index is 2.20. The quantitative estimate of drug-likeness (QED) is 0.578. The van der Waals surface area contributed by atoms with Crippen LogP contribution in [0, 0.1) is 0 Å². The molecule has 18 heavy (non-hydrogen) atoms. The molecule has 3 rings (SSSR count). The van der Waals surface area contributed by atoms with Gasteiger partial charge in [-0.25, -0.2) is 0 Å². The lowest BCUT2D eigenvalue weighted by Gasteiger charge is -2.14. The molecular formula is C14H10Br2ClN. The van der Waals surface area contributed by atoms with Crippen LogP contribution < -0.4 is 0 Å². The van der Waals surface area contributed by atoms with Crippen molar-refractivity contribution in [2.24, 2.45) is 0 Å². The summed E-state index contributed by atoms with van der Waals surface area (Å²) in [6.45, 7) is 0. The molecule has 1 unspecified atom stereocenters. The van der Waals surface area contributed by atoms with Gasteiger partial charge in [0.05, 0.1) is 5.69 Å². The Morgan fingerprint density at radius 1 is 1.17 bits per heavy atom. The number of pyridine rings is 1. The molecule has 1 atom stereocenters. The third-order valence-electron chi connectivity index (χ3n) is 3.27. The van der Waals surface area contributed by atoms with Gasteiger partial charge in [0, 0.05) is 15.1 Å². The average molecular weight is 388 g/mol. The van der Waals surface area contributed by atoms with Crippen molar-refractivity contribution in [3.63, 3.8) is 0 Å². The molecule has 1 aromatic heterocycles. The van der Waals surface area contributed by atoms with Crippen molar-refractivity contribution >= 4 is 43.5 Å². The maximum Gasteiger partial charge on any atom is 0.102 e. The van der Waals surface area contributed by atoms with Crippen molar-refractivity contribution in [1.29, 1.82) is 0 Å². The van der Waals surface area contributed by atoms with Crippen molar-refractivity contribution in [2.45, 2.75) is 18.2 Å². The van der Waals surface area contributed by atoms with Crippen molar-refractivity contribution in [2.75, 3.05) is 0 Å². The predicted octanol–water partition coefficient (Wildman–Crippen LogP) is 5.03. The predicted molar refractivity (Wildman–Crippen MR) is 81.2 cm³/mol. The Kier molecular flexibility index (Phi) is 3.48. The molecule has 1 aromatic carbocycles. The van der Waals surface area contributed by atoms with Crippen molar-refractivity contribution in [3.8, 4) is 0 Å². The molecular weight excluding hydrogens is 377 g/mol. The molecule has 1 heterocycles. The van der Waals surface area contributed by atoms with Crippen molar-refractivity contribution < 1.29 is 0 Å². The Labute approximate surface area is 128 Å². The molecule has 1 aliphatic carbocycles. The zero-order chi connectivity index (χ0) is 12.7. The van der Waals surface area contributed by atoms with Crippen LogP contribution in [0.5, 0.6) is 0 Å². The SMILES string of the molecule is ClC1c2ncc(Br)cc2CCc2cccc(Br)c21. The van der Waals surface area contributed by atoms with E-state index < -0.39 is 0 Å². The summed E-state index contributed by atoms with van der Waals surface area (Å²) in [5, 5.41) is -0.179. The van der Waals surface area contributed by atoms with Crippen molar-refractivity contribution in [3.05, 3.63) is 61.8 Å². The first kappa shape index (κ1) is 12.6. The van der Waals surface area contributed by atoms with Crippen LogP contribution in [-0.2, 0) is 12.8 Å². The van der Waals surface area contributed by atoms with Crippen LogP contribution in [0.1, 0.15) is 27.8 Å². The fourth-order valence-electron chi connectivity index (χ4n) is 2.41. The number of benzene rings is 1. The minimum absolute atomic E-state index is 0.179. The van der Waals surface area contributed by atoms with Gasteiger partial charge in [-0.1, -0.05) is 28.1 Å². The lowest BCUT2D eigenvalue weighted by Crippen LogP contribution is -2.00. The topological polar surface area (TPSA) is 12.9 Å². The number of halogens is 3. The highest BCUT2D eigenvalue weighted by Gasteiger charge is 2.24. The van der Waals surface area contributed by atoms with E-state index in [2.05, 4.69) is 55.0 Å². The largest absolute Gasteiger partial charge is 0.258 e. The van der Waals surface area contributed by atoms with Crippen LogP contribution in [-0.4, -0.2) is 4.98 Å². The minimum Gasteiger partial charge on any atom is -0.258 e. The zero-order valence-corrected chi connectivity index (χ0v) is 13.4. The molecule has 2 aromatic rings. The number of fused-ring (bicyclic) bond motifs is 2. The number of aromatic nitrogens is 1. The van der Waals surface area contributed by atoms with Gasteiger partial charge >= 0.3 is 0 Å². The van der Waals surface area contributed by atoms with Gasteiger partial charge in [0.1, 0.15) is 5.38 Å². The van der Waals surface area contributed by atoms with Gasteiger partial charge in [-0.2, -0.15) is 0 Å². The van der Waals surface area contributed by atoms with E-state index in [0.717, 1.165) is 33.0 Å². The third-order valence-corrected chi connectivity index (χ3v) is 4.82. The Hall–Kier alpha value is -0.380. The van der Waals surface area contributed by atoms with Crippen LogP contribution in [0.2, 0.25) is 0 Å². The summed E-state index contributed by atoms with van der Waals surface area (Å²) < 4.78 is 2.08. The maximum atomic E-state index is 6.63. The molecule has 0 saturated heterocycles. The number of aryl methyl sites for hydroxylation is 2. The van der Waals surface area contributed by atoms with E-state index in [9.17, 15) is 0 Å². The van der Waals surface area contributed by atoms with E-state index >= 15 is 0 Å². The summed E-state index contributed by atoms with van der Waals surface area (Å²) in [5.74, 6) is 0. The summed E-state index contributed by atoms with van der Waals surface area (Å²) in [6.07, 6.45) is 3.80. The van der Waals surface area contributed by atoms with E-state index in [1.807, 2.05) is 12.3 Å². The average Bonchev–Trinajstić information content (AvgIpc) is 2.48. The van der Waals surface area contributed by atoms with E-state index in [4.69, 9.17) is 11.6 Å². The summed E-state index contributed by atoms with van der Waals surface area (Å²) in [7, 11) is 0. The number of hydrogen-bond donors (Lipinski definition) is 0. The van der Waals surface area contributed by atoms with Gasteiger partial charge in [0.15, 0.2) is 0 Å². The van der Waals surface area contributed by atoms with Crippen LogP contribution >= 0.6 is 43.5 Å². The standard InChI is InChI=1S/C14H10Br2ClN/c15-10-6-9-5-4-8-2-1-3-11(16)12(8)13(17)14(9)18-7-10/h1-3,6-7,13H,4-5H2. The summed E-state index contributed by atoms with van der Waals surface area (Å²) in [4.78, 5) is 4.50. The highest BCUT2D eigenvalue weighted by atomic mass is 79.9. The first-order valence-corrected chi connectivity index (χ1v) is 7.74. The molecule has 0 spiro atoms. The van der Waals surface area contributed by atoms with Crippen LogP contribution in [0.25, 0.3) is 0 Å². The molecule has 92 valence electrons. The Bertz CT molecular complexity index is 613. The molecule has 0 fully saturated rings. The van der Waals surface area contributed by atoms with E-state index in [-0.39, 0.29) is 5.38 Å². The van der Waals surface area contributed by atoms with Gasteiger partial charge in [-0.15, -0.1) is 11.6 Å². The molecule has 1 aliphatic rings. The number of rotatable bonds is 0.